The summed E-state index contributed by atoms with van der Waals surface area (Å²) in [7, 11) is 0. The Morgan fingerprint density at radius 2 is 1.72 bits per heavy atom. The Bertz CT molecular complexity index is 217. The number of aliphatic hydroxyl groups is 1. The molecule has 106 valence electrons. The molecule has 0 amide bonds. The molecule has 1 atom stereocenters. The first-order chi connectivity index (χ1) is 8.88. The van der Waals surface area contributed by atoms with Crippen LogP contribution in [0.25, 0.3) is 0 Å². The fourth-order valence-corrected chi connectivity index (χ4v) is 3.40. The van der Waals surface area contributed by atoms with Crippen LogP contribution in [0, 0.1) is 5.92 Å². The minimum atomic E-state index is 0.359. The number of hydrogen-bond donors (Lipinski definition) is 1. The summed E-state index contributed by atoms with van der Waals surface area (Å²) >= 11 is 0. The van der Waals surface area contributed by atoms with E-state index in [1.807, 2.05) is 0 Å². The second-order valence-electron chi connectivity index (χ2n) is 6.10. The quantitative estimate of drug-likeness (QED) is 0.704. The maximum absolute atomic E-state index is 8.76. The molecule has 18 heavy (non-hydrogen) atoms. The van der Waals surface area contributed by atoms with E-state index in [9.17, 15) is 0 Å². The SMILES string of the molecule is OCCCCCN1CCC(CN2CCCCC2)C1. The summed E-state index contributed by atoms with van der Waals surface area (Å²) in [6.45, 7) is 8.24. The molecule has 0 aromatic rings. The van der Waals surface area contributed by atoms with Gasteiger partial charge in [0.2, 0.25) is 0 Å². The number of aliphatic hydroxyl groups excluding tert-OH is 1. The van der Waals surface area contributed by atoms with E-state index in [2.05, 4.69) is 9.80 Å². The monoisotopic (exact) mass is 254 g/mol. The lowest BCUT2D eigenvalue weighted by molar-refractivity contribution is 0.193. The average molecular weight is 254 g/mol. The van der Waals surface area contributed by atoms with E-state index in [1.54, 1.807) is 0 Å². The minimum absolute atomic E-state index is 0.359. The lowest BCUT2D eigenvalue weighted by Crippen LogP contribution is -2.35. The van der Waals surface area contributed by atoms with Crippen molar-refractivity contribution < 1.29 is 5.11 Å². The molecule has 0 saturated carbocycles. The van der Waals surface area contributed by atoms with Crippen LogP contribution in [-0.4, -0.2) is 60.8 Å². The van der Waals surface area contributed by atoms with Crippen molar-refractivity contribution in [3.05, 3.63) is 0 Å². The second-order valence-corrected chi connectivity index (χ2v) is 6.10. The van der Waals surface area contributed by atoms with Crippen molar-refractivity contribution in [3.63, 3.8) is 0 Å². The van der Waals surface area contributed by atoms with Gasteiger partial charge >= 0.3 is 0 Å². The molecule has 0 aliphatic carbocycles. The van der Waals surface area contributed by atoms with E-state index in [0.717, 1.165) is 12.3 Å². The highest BCUT2D eigenvalue weighted by Gasteiger charge is 2.24. The Balaban J connectivity index is 1.56. The van der Waals surface area contributed by atoms with Crippen molar-refractivity contribution >= 4 is 0 Å². The summed E-state index contributed by atoms with van der Waals surface area (Å²) in [4.78, 5) is 5.31. The van der Waals surface area contributed by atoms with Gasteiger partial charge in [0.1, 0.15) is 0 Å². The second kappa shape index (κ2) is 8.13. The summed E-state index contributed by atoms with van der Waals surface area (Å²) < 4.78 is 0. The van der Waals surface area contributed by atoms with Gasteiger partial charge in [-0.1, -0.05) is 6.42 Å². The molecule has 0 aromatic carbocycles. The lowest BCUT2D eigenvalue weighted by Gasteiger charge is -2.29. The maximum Gasteiger partial charge on any atom is 0.0431 e. The van der Waals surface area contributed by atoms with Gasteiger partial charge in [-0.3, -0.25) is 0 Å². The Labute approximate surface area is 112 Å². The number of nitrogens with zero attached hydrogens (tertiary/aromatic N) is 2. The molecule has 2 aliphatic heterocycles. The molecule has 0 radical (unpaired) electrons. The maximum atomic E-state index is 8.76. The molecule has 2 fully saturated rings. The summed E-state index contributed by atoms with van der Waals surface area (Å²) in [5, 5.41) is 8.76. The van der Waals surface area contributed by atoms with Gasteiger partial charge in [0.25, 0.3) is 0 Å². The van der Waals surface area contributed by atoms with E-state index in [-0.39, 0.29) is 0 Å². The summed E-state index contributed by atoms with van der Waals surface area (Å²) in [5.74, 6) is 0.918. The standard InChI is InChI=1S/C15H30N2O/c18-12-6-2-5-10-17-11-7-15(14-17)13-16-8-3-1-4-9-16/h15,18H,1-14H2. The van der Waals surface area contributed by atoms with Gasteiger partial charge in [0.15, 0.2) is 0 Å². The molecule has 0 spiro atoms. The van der Waals surface area contributed by atoms with Crippen LogP contribution in [0.4, 0.5) is 0 Å². The van der Waals surface area contributed by atoms with Crippen molar-refractivity contribution in [2.75, 3.05) is 45.9 Å². The van der Waals surface area contributed by atoms with Gasteiger partial charge < -0.3 is 14.9 Å². The molecular formula is C15H30N2O. The first kappa shape index (κ1) is 14.3. The highest BCUT2D eigenvalue weighted by Crippen LogP contribution is 2.20. The van der Waals surface area contributed by atoms with Crippen LogP contribution < -0.4 is 0 Å². The fraction of sp³-hybridized carbons (Fsp3) is 1.00. The van der Waals surface area contributed by atoms with Crippen LogP contribution >= 0.6 is 0 Å². The number of hydrogen-bond acceptors (Lipinski definition) is 3. The summed E-state index contributed by atoms with van der Waals surface area (Å²) in [6.07, 6.45) is 9.09. The van der Waals surface area contributed by atoms with Crippen molar-refractivity contribution in [2.45, 2.75) is 44.9 Å². The zero-order valence-electron chi connectivity index (χ0n) is 11.8. The molecule has 2 saturated heterocycles. The van der Waals surface area contributed by atoms with Crippen LogP contribution in [0.3, 0.4) is 0 Å². The van der Waals surface area contributed by atoms with Crippen LogP contribution in [0.5, 0.6) is 0 Å². The number of unbranched alkanes of at least 4 members (excludes halogenated alkanes) is 2. The van der Waals surface area contributed by atoms with E-state index in [1.165, 1.54) is 77.8 Å². The van der Waals surface area contributed by atoms with E-state index in [0.29, 0.717) is 6.61 Å². The van der Waals surface area contributed by atoms with Gasteiger partial charge in [-0.2, -0.15) is 0 Å². The average Bonchev–Trinajstić information content (AvgIpc) is 2.84. The third kappa shape index (κ3) is 4.87. The first-order valence-corrected chi connectivity index (χ1v) is 7.94. The number of piperidine rings is 1. The highest BCUT2D eigenvalue weighted by molar-refractivity contribution is 4.79. The van der Waals surface area contributed by atoms with Crippen molar-refractivity contribution in [1.29, 1.82) is 0 Å². The summed E-state index contributed by atoms with van der Waals surface area (Å²) in [6, 6.07) is 0. The fourth-order valence-electron chi connectivity index (χ4n) is 3.40. The van der Waals surface area contributed by atoms with E-state index < -0.39 is 0 Å². The molecule has 3 nitrogen and oxygen atoms in total. The van der Waals surface area contributed by atoms with Crippen molar-refractivity contribution in [1.82, 2.24) is 9.80 Å². The molecule has 0 aromatic heterocycles. The normalized spacial score (nSPS) is 26.8. The highest BCUT2D eigenvalue weighted by atomic mass is 16.2. The largest absolute Gasteiger partial charge is 0.396 e. The third-order valence-electron chi connectivity index (χ3n) is 4.47. The van der Waals surface area contributed by atoms with Gasteiger partial charge in [-0.25, -0.2) is 0 Å². The smallest absolute Gasteiger partial charge is 0.0431 e. The molecular weight excluding hydrogens is 224 g/mol. The number of rotatable bonds is 7. The number of likely N-dealkylation sites (tertiary alicyclic amines) is 2. The minimum Gasteiger partial charge on any atom is -0.396 e. The Morgan fingerprint density at radius 1 is 0.889 bits per heavy atom. The van der Waals surface area contributed by atoms with Crippen molar-refractivity contribution in [3.8, 4) is 0 Å². The molecule has 2 heterocycles. The molecule has 2 aliphatic rings. The van der Waals surface area contributed by atoms with Gasteiger partial charge in [-0.05, 0) is 70.6 Å². The zero-order chi connectivity index (χ0) is 12.6. The molecule has 2 rings (SSSR count). The summed E-state index contributed by atoms with van der Waals surface area (Å²) in [5.41, 5.74) is 0. The van der Waals surface area contributed by atoms with Crippen LogP contribution in [0.15, 0.2) is 0 Å². The first-order valence-electron chi connectivity index (χ1n) is 7.94. The van der Waals surface area contributed by atoms with Crippen LogP contribution in [0.1, 0.15) is 44.9 Å². The van der Waals surface area contributed by atoms with Gasteiger partial charge in [-0.15, -0.1) is 0 Å². The molecule has 3 heteroatoms. The van der Waals surface area contributed by atoms with Gasteiger partial charge in [0, 0.05) is 19.7 Å². The van der Waals surface area contributed by atoms with Crippen molar-refractivity contribution in [2.24, 2.45) is 5.92 Å². The predicted molar refractivity (Wildman–Crippen MR) is 75.8 cm³/mol. The Hall–Kier alpha value is -0.120. The topological polar surface area (TPSA) is 26.7 Å². The van der Waals surface area contributed by atoms with Gasteiger partial charge in [0.05, 0.1) is 0 Å². The Morgan fingerprint density at radius 3 is 2.50 bits per heavy atom. The lowest BCUT2D eigenvalue weighted by atomic mass is 10.1. The zero-order valence-corrected chi connectivity index (χ0v) is 11.8. The molecule has 1 N–H and O–H groups in total. The Kier molecular flexibility index (Phi) is 6.46. The van der Waals surface area contributed by atoms with Crippen LogP contribution in [0.2, 0.25) is 0 Å². The molecule has 0 bridgehead atoms. The van der Waals surface area contributed by atoms with E-state index in [4.69, 9.17) is 5.11 Å². The van der Waals surface area contributed by atoms with Crippen LogP contribution in [-0.2, 0) is 0 Å². The molecule has 1 unspecified atom stereocenters. The third-order valence-corrected chi connectivity index (χ3v) is 4.47. The predicted octanol–water partition coefficient (Wildman–Crippen LogP) is 1.96. The van der Waals surface area contributed by atoms with E-state index >= 15 is 0 Å².